The van der Waals surface area contributed by atoms with Crippen molar-refractivity contribution in [2.24, 2.45) is 0 Å². The van der Waals surface area contributed by atoms with E-state index in [0.717, 1.165) is 22.4 Å². The molecule has 7 nitrogen and oxygen atoms in total. The molecule has 0 N–H and O–H groups in total. The molecule has 0 saturated carbocycles. The van der Waals surface area contributed by atoms with E-state index in [1.807, 2.05) is 36.4 Å². The number of ether oxygens (including phenoxy) is 4. The number of hydrogen-bond acceptors (Lipinski definition) is 6. The highest BCUT2D eigenvalue weighted by molar-refractivity contribution is 5.90. The van der Waals surface area contributed by atoms with E-state index in [-0.39, 0.29) is 5.91 Å². The molecule has 0 aliphatic rings. The molecular formula is C21H22N2O5. The number of hydrogen-bond donors (Lipinski definition) is 0. The lowest BCUT2D eigenvalue weighted by Crippen LogP contribution is -2.09. The van der Waals surface area contributed by atoms with Gasteiger partial charge in [-0.25, -0.2) is 0 Å². The quantitative estimate of drug-likeness (QED) is 0.644. The van der Waals surface area contributed by atoms with Crippen molar-refractivity contribution in [3.8, 4) is 45.4 Å². The van der Waals surface area contributed by atoms with Crippen LogP contribution in [0.25, 0.3) is 22.4 Å². The SMILES string of the molecule is COc1ccc(-c2c(-c3cc(OC)c(OC)c(OC)c3)cnn2C(C)=O)cc1. The third kappa shape index (κ3) is 3.38. The van der Waals surface area contributed by atoms with Crippen molar-refractivity contribution in [3.05, 3.63) is 42.6 Å². The third-order valence-corrected chi connectivity index (χ3v) is 4.41. The molecule has 0 spiro atoms. The third-order valence-electron chi connectivity index (χ3n) is 4.41. The second-order valence-corrected chi connectivity index (χ2v) is 5.98. The number of benzene rings is 2. The molecule has 146 valence electrons. The topological polar surface area (TPSA) is 71.8 Å². The Kier molecular flexibility index (Phi) is 5.54. The number of aromatic nitrogens is 2. The molecule has 0 unspecified atom stereocenters. The maximum absolute atomic E-state index is 12.2. The molecule has 3 rings (SSSR count). The molecule has 0 atom stereocenters. The average Bonchev–Trinajstić information content (AvgIpc) is 3.18. The molecule has 0 aliphatic carbocycles. The number of carbonyl (C=O) groups is 1. The van der Waals surface area contributed by atoms with Crippen LogP contribution in [0.15, 0.2) is 42.6 Å². The van der Waals surface area contributed by atoms with Crippen LogP contribution in [-0.2, 0) is 0 Å². The van der Waals surface area contributed by atoms with Crippen molar-refractivity contribution in [3.63, 3.8) is 0 Å². The molecular weight excluding hydrogens is 360 g/mol. The standard InChI is InChI=1S/C21H22N2O5/c1-13(24)23-20(14-6-8-16(25-2)9-7-14)17(12-22-23)15-10-18(26-3)21(28-5)19(11-15)27-4/h6-12H,1-5H3. The van der Waals surface area contributed by atoms with Crippen LogP contribution in [0, 0.1) is 0 Å². The first kappa shape index (κ1) is 19.3. The van der Waals surface area contributed by atoms with Gasteiger partial charge in [-0.05, 0) is 42.0 Å². The maximum atomic E-state index is 12.2. The summed E-state index contributed by atoms with van der Waals surface area (Å²) in [5.74, 6) is 2.08. The molecule has 28 heavy (non-hydrogen) atoms. The van der Waals surface area contributed by atoms with Crippen LogP contribution in [0.5, 0.6) is 23.0 Å². The van der Waals surface area contributed by atoms with Crippen molar-refractivity contribution in [2.75, 3.05) is 28.4 Å². The molecule has 0 saturated heterocycles. The van der Waals surface area contributed by atoms with Crippen molar-refractivity contribution in [1.29, 1.82) is 0 Å². The smallest absolute Gasteiger partial charge is 0.244 e. The minimum Gasteiger partial charge on any atom is -0.497 e. The van der Waals surface area contributed by atoms with Crippen molar-refractivity contribution < 1.29 is 23.7 Å². The Hall–Kier alpha value is -3.48. The highest BCUT2D eigenvalue weighted by Gasteiger charge is 2.21. The van der Waals surface area contributed by atoms with Gasteiger partial charge in [0.15, 0.2) is 11.5 Å². The molecule has 1 aromatic heterocycles. The number of rotatable bonds is 6. The zero-order valence-corrected chi connectivity index (χ0v) is 16.5. The van der Waals surface area contributed by atoms with Gasteiger partial charge in [-0.2, -0.15) is 9.78 Å². The lowest BCUT2D eigenvalue weighted by Gasteiger charge is -2.15. The van der Waals surface area contributed by atoms with Gasteiger partial charge in [-0.15, -0.1) is 0 Å². The first-order valence-electron chi connectivity index (χ1n) is 8.57. The fourth-order valence-electron chi connectivity index (χ4n) is 3.06. The first-order valence-corrected chi connectivity index (χ1v) is 8.57. The van der Waals surface area contributed by atoms with Crippen LogP contribution >= 0.6 is 0 Å². The van der Waals surface area contributed by atoms with Gasteiger partial charge >= 0.3 is 0 Å². The van der Waals surface area contributed by atoms with Crippen LogP contribution in [-0.4, -0.2) is 44.1 Å². The van der Waals surface area contributed by atoms with E-state index in [1.54, 1.807) is 34.6 Å². The Morgan fingerprint density at radius 1 is 0.857 bits per heavy atom. The summed E-state index contributed by atoms with van der Waals surface area (Å²) in [6, 6.07) is 11.1. The van der Waals surface area contributed by atoms with Crippen molar-refractivity contribution in [1.82, 2.24) is 9.78 Å². The van der Waals surface area contributed by atoms with Gasteiger partial charge in [0.1, 0.15) is 5.75 Å². The number of nitrogens with zero attached hydrogens (tertiary/aromatic N) is 2. The molecule has 0 amide bonds. The molecule has 1 heterocycles. The van der Waals surface area contributed by atoms with Gasteiger partial charge in [0.05, 0.1) is 40.3 Å². The Bertz CT molecular complexity index is 968. The minimum absolute atomic E-state index is 0.190. The lowest BCUT2D eigenvalue weighted by atomic mass is 10.0. The Balaban J connectivity index is 2.24. The first-order chi connectivity index (χ1) is 13.5. The zero-order valence-electron chi connectivity index (χ0n) is 16.5. The Morgan fingerprint density at radius 2 is 1.46 bits per heavy atom. The van der Waals surface area contributed by atoms with Crippen LogP contribution in [0.4, 0.5) is 0 Å². The van der Waals surface area contributed by atoms with Crippen LogP contribution < -0.4 is 18.9 Å². The number of methoxy groups -OCH3 is 4. The van der Waals surface area contributed by atoms with Gasteiger partial charge in [0.2, 0.25) is 11.7 Å². The average molecular weight is 382 g/mol. The molecule has 3 aromatic rings. The van der Waals surface area contributed by atoms with E-state index >= 15 is 0 Å². The van der Waals surface area contributed by atoms with E-state index in [1.165, 1.54) is 11.6 Å². The lowest BCUT2D eigenvalue weighted by molar-refractivity contribution is 0.0923. The second kappa shape index (κ2) is 8.04. The van der Waals surface area contributed by atoms with Gasteiger partial charge in [0, 0.05) is 18.1 Å². The molecule has 0 aliphatic heterocycles. The predicted molar refractivity (Wildman–Crippen MR) is 106 cm³/mol. The zero-order chi connectivity index (χ0) is 20.3. The summed E-state index contributed by atoms with van der Waals surface area (Å²) in [5, 5.41) is 4.29. The summed E-state index contributed by atoms with van der Waals surface area (Å²) >= 11 is 0. The van der Waals surface area contributed by atoms with E-state index in [9.17, 15) is 4.79 Å². The van der Waals surface area contributed by atoms with E-state index in [0.29, 0.717) is 22.9 Å². The van der Waals surface area contributed by atoms with Gasteiger partial charge < -0.3 is 18.9 Å². The molecule has 2 aromatic carbocycles. The Labute approximate surface area is 163 Å². The molecule has 0 fully saturated rings. The van der Waals surface area contributed by atoms with Crippen molar-refractivity contribution in [2.45, 2.75) is 6.92 Å². The van der Waals surface area contributed by atoms with Crippen LogP contribution in [0.2, 0.25) is 0 Å². The van der Waals surface area contributed by atoms with E-state index in [4.69, 9.17) is 18.9 Å². The van der Waals surface area contributed by atoms with E-state index in [2.05, 4.69) is 5.10 Å². The van der Waals surface area contributed by atoms with Crippen LogP contribution in [0.3, 0.4) is 0 Å². The summed E-state index contributed by atoms with van der Waals surface area (Å²) in [7, 11) is 6.28. The largest absolute Gasteiger partial charge is 0.497 e. The minimum atomic E-state index is -0.190. The Morgan fingerprint density at radius 3 is 1.93 bits per heavy atom. The summed E-state index contributed by atoms with van der Waals surface area (Å²) < 4.78 is 22.9. The molecule has 0 radical (unpaired) electrons. The summed E-state index contributed by atoms with van der Waals surface area (Å²) in [6.07, 6.45) is 1.65. The van der Waals surface area contributed by atoms with E-state index < -0.39 is 0 Å². The maximum Gasteiger partial charge on any atom is 0.244 e. The monoisotopic (exact) mass is 382 g/mol. The number of carbonyl (C=O) groups excluding carboxylic acids is 1. The summed E-state index contributed by atoms with van der Waals surface area (Å²) in [4.78, 5) is 12.2. The summed E-state index contributed by atoms with van der Waals surface area (Å²) in [5.41, 5.74) is 3.05. The normalized spacial score (nSPS) is 10.5. The predicted octanol–water partition coefficient (Wildman–Crippen LogP) is 3.91. The van der Waals surface area contributed by atoms with Gasteiger partial charge in [-0.1, -0.05) is 0 Å². The fraction of sp³-hybridized carbons (Fsp3) is 0.238. The highest BCUT2D eigenvalue weighted by Crippen LogP contribution is 2.43. The summed E-state index contributed by atoms with van der Waals surface area (Å²) in [6.45, 7) is 1.47. The molecule has 0 bridgehead atoms. The second-order valence-electron chi connectivity index (χ2n) is 5.98. The van der Waals surface area contributed by atoms with Gasteiger partial charge in [0.25, 0.3) is 0 Å². The fourth-order valence-corrected chi connectivity index (χ4v) is 3.06. The highest BCUT2D eigenvalue weighted by atomic mass is 16.5. The van der Waals surface area contributed by atoms with Crippen molar-refractivity contribution >= 4 is 5.91 Å². The van der Waals surface area contributed by atoms with Gasteiger partial charge in [-0.3, -0.25) is 4.79 Å². The molecule has 7 heteroatoms. The van der Waals surface area contributed by atoms with Crippen LogP contribution in [0.1, 0.15) is 11.7 Å².